The zero-order valence-corrected chi connectivity index (χ0v) is 28.4. The number of esters is 2. The van der Waals surface area contributed by atoms with E-state index in [1.165, 1.54) is 19.3 Å². The molecule has 254 valence electrons. The van der Waals surface area contributed by atoms with E-state index in [2.05, 4.69) is 67.0 Å². The van der Waals surface area contributed by atoms with Gasteiger partial charge < -0.3 is 19.3 Å². The first kappa shape index (κ1) is 42.0. The molecule has 44 heavy (non-hydrogen) atoms. The van der Waals surface area contributed by atoms with Crippen LogP contribution in [0.4, 0.5) is 0 Å². The number of allylic oxidation sites excluding steroid dienone is 8. The van der Waals surface area contributed by atoms with Gasteiger partial charge in [-0.15, -0.1) is 0 Å². The standard InChI is InChI=1S/C35H61O8P/c1-3-5-7-9-11-12-13-14-15-16-17-18-19-20-21-22-24-26-28-30-35(37)43-33(32-42-44(38,39)40)31-41-34(36)29-27-25-23-10-8-6-4-2/h5,7,11-12,14-15,17-18,33H,3-4,6,8-10,13,16,19-32H2,1-2H3,(H2,38,39,40)/b7-5-,12-11-,15-14-,18-17-. The fourth-order valence-electron chi connectivity index (χ4n) is 4.36. The Kier molecular flexibility index (Phi) is 29.6. The molecule has 0 aliphatic heterocycles. The van der Waals surface area contributed by atoms with Crippen molar-refractivity contribution in [1.82, 2.24) is 0 Å². The van der Waals surface area contributed by atoms with E-state index in [4.69, 9.17) is 19.3 Å². The van der Waals surface area contributed by atoms with Crippen LogP contribution in [0.3, 0.4) is 0 Å². The molecule has 0 aromatic rings. The van der Waals surface area contributed by atoms with Gasteiger partial charge in [-0.3, -0.25) is 14.1 Å². The Bertz CT molecular complexity index is 859. The van der Waals surface area contributed by atoms with E-state index < -0.39 is 32.5 Å². The summed E-state index contributed by atoms with van der Waals surface area (Å²) < 4.78 is 26.1. The lowest BCUT2D eigenvalue weighted by Gasteiger charge is -2.18. The van der Waals surface area contributed by atoms with Crippen molar-refractivity contribution in [3.05, 3.63) is 48.6 Å². The molecule has 0 saturated heterocycles. The lowest BCUT2D eigenvalue weighted by molar-refractivity contribution is -0.161. The van der Waals surface area contributed by atoms with E-state index in [-0.39, 0.29) is 19.4 Å². The summed E-state index contributed by atoms with van der Waals surface area (Å²) in [7, 11) is -4.74. The average molecular weight is 641 g/mol. The van der Waals surface area contributed by atoms with Crippen molar-refractivity contribution in [3.63, 3.8) is 0 Å². The molecule has 0 spiro atoms. The highest BCUT2D eigenvalue weighted by molar-refractivity contribution is 7.46. The third-order valence-corrected chi connectivity index (χ3v) is 7.35. The van der Waals surface area contributed by atoms with Crippen LogP contribution in [0.25, 0.3) is 0 Å². The van der Waals surface area contributed by atoms with Gasteiger partial charge in [0, 0.05) is 12.8 Å². The summed E-state index contributed by atoms with van der Waals surface area (Å²) in [6.07, 6.45) is 35.7. The van der Waals surface area contributed by atoms with Gasteiger partial charge in [-0.1, -0.05) is 127 Å². The van der Waals surface area contributed by atoms with Crippen LogP contribution in [0.15, 0.2) is 48.6 Å². The molecule has 0 bridgehead atoms. The second kappa shape index (κ2) is 31.0. The molecule has 9 heteroatoms. The third kappa shape index (κ3) is 32.9. The third-order valence-electron chi connectivity index (χ3n) is 6.86. The number of rotatable bonds is 30. The maximum Gasteiger partial charge on any atom is 0.469 e. The highest BCUT2D eigenvalue weighted by atomic mass is 31.2. The summed E-state index contributed by atoms with van der Waals surface area (Å²) in [6.45, 7) is 3.48. The number of hydrogen-bond donors (Lipinski definition) is 2. The first-order chi connectivity index (χ1) is 21.3. The lowest BCUT2D eigenvalue weighted by Crippen LogP contribution is -2.29. The second-order valence-electron chi connectivity index (χ2n) is 11.1. The van der Waals surface area contributed by atoms with Crippen LogP contribution in [-0.4, -0.2) is 41.0 Å². The summed E-state index contributed by atoms with van der Waals surface area (Å²) >= 11 is 0. The Morgan fingerprint density at radius 2 is 1.09 bits per heavy atom. The molecule has 1 unspecified atom stereocenters. The number of carbonyl (C=O) groups is 2. The largest absolute Gasteiger partial charge is 0.469 e. The number of phosphoric acid groups is 1. The Labute approximate surface area is 267 Å². The van der Waals surface area contributed by atoms with Crippen molar-refractivity contribution in [3.8, 4) is 0 Å². The quantitative estimate of drug-likeness (QED) is 0.0345. The van der Waals surface area contributed by atoms with Crippen LogP contribution >= 0.6 is 7.82 Å². The van der Waals surface area contributed by atoms with E-state index in [9.17, 15) is 14.2 Å². The van der Waals surface area contributed by atoms with E-state index in [1.807, 2.05) is 0 Å². The molecule has 0 aromatic carbocycles. The zero-order chi connectivity index (χ0) is 32.6. The molecule has 0 aliphatic carbocycles. The van der Waals surface area contributed by atoms with Gasteiger partial charge >= 0.3 is 19.8 Å². The summed E-state index contributed by atoms with van der Waals surface area (Å²) in [5.41, 5.74) is 0. The van der Waals surface area contributed by atoms with Crippen molar-refractivity contribution in [2.45, 2.75) is 148 Å². The van der Waals surface area contributed by atoms with Crippen molar-refractivity contribution < 1.29 is 37.9 Å². The Hall–Kier alpha value is -1.99. The van der Waals surface area contributed by atoms with Gasteiger partial charge in [-0.2, -0.15) is 0 Å². The van der Waals surface area contributed by atoms with E-state index >= 15 is 0 Å². The summed E-state index contributed by atoms with van der Waals surface area (Å²) in [5.74, 6) is -0.912. The number of unbranched alkanes of at least 4 members (excludes halogenated alkanes) is 12. The summed E-state index contributed by atoms with van der Waals surface area (Å²) in [6, 6.07) is 0. The average Bonchev–Trinajstić information content (AvgIpc) is 2.98. The van der Waals surface area contributed by atoms with Gasteiger partial charge in [-0.05, 0) is 51.4 Å². The van der Waals surface area contributed by atoms with Crippen LogP contribution in [-0.2, 0) is 28.2 Å². The zero-order valence-electron chi connectivity index (χ0n) is 27.5. The van der Waals surface area contributed by atoms with Gasteiger partial charge in [0.25, 0.3) is 0 Å². The van der Waals surface area contributed by atoms with Crippen molar-refractivity contribution in [1.29, 1.82) is 0 Å². The van der Waals surface area contributed by atoms with Crippen molar-refractivity contribution >= 4 is 19.8 Å². The number of carbonyl (C=O) groups excluding carboxylic acids is 2. The van der Waals surface area contributed by atoms with Crippen molar-refractivity contribution in [2.75, 3.05) is 13.2 Å². The Morgan fingerprint density at radius 1 is 0.614 bits per heavy atom. The summed E-state index contributed by atoms with van der Waals surface area (Å²) in [4.78, 5) is 42.4. The van der Waals surface area contributed by atoms with Crippen LogP contribution in [0, 0.1) is 0 Å². The molecule has 0 radical (unpaired) electrons. The van der Waals surface area contributed by atoms with E-state index in [1.54, 1.807) is 0 Å². The minimum Gasteiger partial charge on any atom is -0.462 e. The Morgan fingerprint density at radius 3 is 1.64 bits per heavy atom. The molecule has 2 N–H and O–H groups in total. The van der Waals surface area contributed by atoms with Crippen LogP contribution in [0.1, 0.15) is 142 Å². The van der Waals surface area contributed by atoms with Crippen LogP contribution < -0.4 is 0 Å². The second-order valence-corrected chi connectivity index (χ2v) is 12.4. The maximum absolute atomic E-state index is 12.3. The smallest absolute Gasteiger partial charge is 0.462 e. The monoisotopic (exact) mass is 640 g/mol. The molecule has 0 rings (SSSR count). The predicted octanol–water partition coefficient (Wildman–Crippen LogP) is 9.62. The fourth-order valence-corrected chi connectivity index (χ4v) is 4.72. The fraction of sp³-hybridized carbons (Fsp3) is 0.714. The summed E-state index contributed by atoms with van der Waals surface area (Å²) in [5, 5.41) is 0. The first-order valence-corrected chi connectivity index (χ1v) is 18.5. The minimum atomic E-state index is -4.74. The highest BCUT2D eigenvalue weighted by Crippen LogP contribution is 2.35. The molecule has 0 heterocycles. The SMILES string of the molecule is CC/C=C\C/C=C\C/C=C\C/C=C\CCCCCCCCC(=O)OC(COC(=O)CCCCCCCCC)COP(=O)(O)O. The molecule has 0 fully saturated rings. The topological polar surface area (TPSA) is 119 Å². The number of ether oxygens (including phenoxy) is 2. The predicted molar refractivity (Wildman–Crippen MR) is 179 cm³/mol. The maximum atomic E-state index is 12.3. The van der Waals surface area contributed by atoms with E-state index in [0.29, 0.717) is 6.42 Å². The Balaban J connectivity index is 3.99. The van der Waals surface area contributed by atoms with Gasteiger partial charge in [0.1, 0.15) is 6.61 Å². The van der Waals surface area contributed by atoms with Crippen LogP contribution in [0.5, 0.6) is 0 Å². The first-order valence-electron chi connectivity index (χ1n) is 16.9. The molecular formula is C35H61O8P. The molecule has 1 atom stereocenters. The van der Waals surface area contributed by atoms with E-state index in [0.717, 1.165) is 89.9 Å². The number of phosphoric ester groups is 1. The van der Waals surface area contributed by atoms with Crippen LogP contribution in [0.2, 0.25) is 0 Å². The molecule has 0 aromatic heterocycles. The molecular weight excluding hydrogens is 579 g/mol. The van der Waals surface area contributed by atoms with Gasteiger partial charge in [0.15, 0.2) is 6.10 Å². The van der Waals surface area contributed by atoms with Gasteiger partial charge in [-0.25, -0.2) is 4.57 Å². The number of hydrogen-bond acceptors (Lipinski definition) is 6. The normalized spacial score (nSPS) is 13.1. The van der Waals surface area contributed by atoms with Gasteiger partial charge in [0.2, 0.25) is 0 Å². The van der Waals surface area contributed by atoms with Crippen molar-refractivity contribution in [2.24, 2.45) is 0 Å². The lowest BCUT2D eigenvalue weighted by atomic mass is 10.1. The molecule has 0 aliphatic rings. The highest BCUT2D eigenvalue weighted by Gasteiger charge is 2.22. The molecule has 0 amide bonds. The van der Waals surface area contributed by atoms with Gasteiger partial charge in [0.05, 0.1) is 6.61 Å². The molecule has 0 saturated carbocycles. The molecule has 8 nitrogen and oxygen atoms in total. The minimum absolute atomic E-state index is 0.195.